The maximum atomic E-state index is 12.5. The van der Waals surface area contributed by atoms with E-state index in [4.69, 9.17) is 9.57 Å². The van der Waals surface area contributed by atoms with E-state index in [1.807, 2.05) is 44.4 Å². The van der Waals surface area contributed by atoms with Crippen LogP contribution < -0.4 is 4.90 Å². The van der Waals surface area contributed by atoms with Crippen LogP contribution in [0.2, 0.25) is 0 Å². The van der Waals surface area contributed by atoms with E-state index in [1.54, 1.807) is 4.90 Å². The van der Waals surface area contributed by atoms with Gasteiger partial charge >= 0.3 is 0 Å². The Kier molecular flexibility index (Phi) is 6.66. The van der Waals surface area contributed by atoms with E-state index in [0.29, 0.717) is 19.5 Å². The molecule has 0 N–H and O–H groups in total. The smallest absolute Gasteiger partial charge is 0.248 e. The summed E-state index contributed by atoms with van der Waals surface area (Å²) in [5.41, 5.74) is 4.17. The number of nitrogens with zero attached hydrogens (tertiary/aromatic N) is 3. The SMILES string of the molecule is COCC(=O)N(Cc1ccccc1)CC1CC(c2ccc(N(C)C)cc2)=NO1. The minimum atomic E-state index is -0.159. The second-order valence-corrected chi connectivity index (χ2v) is 7.10. The molecule has 0 bridgehead atoms. The van der Waals surface area contributed by atoms with E-state index in [0.717, 1.165) is 22.5 Å². The molecule has 0 spiro atoms. The Labute approximate surface area is 166 Å². The molecule has 0 radical (unpaired) electrons. The predicted molar refractivity (Wildman–Crippen MR) is 111 cm³/mol. The van der Waals surface area contributed by atoms with Crippen LogP contribution in [0.1, 0.15) is 17.5 Å². The number of carbonyl (C=O) groups excluding carboxylic acids is 1. The monoisotopic (exact) mass is 381 g/mol. The Balaban J connectivity index is 1.63. The summed E-state index contributed by atoms with van der Waals surface area (Å²) in [7, 11) is 5.56. The molecule has 6 heteroatoms. The van der Waals surface area contributed by atoms with Gasteiger partial charge < -0.3 is 19.4 Å². The van der Waals surface area contributed by atoms with Crippen molar-refractivity contribution in [1.82, 2.24) is 4.90 Å². The van der Waals surface area contributed by atoms with Gasteiger partial charge in [0.05, 0.1) is 12.3 Å². The Morgan fingerprint density at radius 1 is 1.14 bits per heavy atom. The zero-order valence-corrected chi connectivity index (χ0v) is 16.7. The third kappa shape index (κ3) is 5.10. The maximum Gasteiger partial charge on any atom is 0.248 e. The van der Waals surface area contributed by atoms with Gasteiger partial charge in [-0.2, -0.15) is 0 Å². The van der Waals surface area contributed by atoms with Gasteiger partial charge in [0.25, 0.3) is 0 Å². The molecule has 6 nitrogen and oxygen atoms in total. The van der Waals surface area contributed by atoms with Crippen molar-refractivity contribution in [2.24, 2.45) is 5.16 Å². The predicted octanol–water partition coefficient (Wildman–Crippen LogP) is 2.92. The first-order valence-electron chi connectivity index (χ1n) is 9.38. The molecular weight excluding hydrogens is 354 g/mol. The van der Waals surface area contributed by atoms with Crippen molar-refractivity contribution < 1.29 is 14.4 Å². The number of methoxy groups -OCH3 is 1. The van der Waals surface area contributed by atoms with Crippen LogP contribution in [-0.4, -0.2) is 57.0 Å². The summed E-state index contributed by atoms with van der Waals surface area (Å²) in [6.45, 7) is 1.05. The normalized spacial score (nSPS) is 15.7. The minimum Gasteiger partial charge on any atom is -0.390 e. The van der Waals surface area contributed by atoms with Crippen LogP contribution in [0.25, 0.3) is 0 Å². The van der Waals surface area contributed by atoms with Crippen molar-refractivity contribution >= 4 is 17.3 Å². The van der Waals surface area contributed by atoms with Gasteiger partial charge in [0.15, 0.2) is 6.10 Å². The fourth-order valence-electron chi connectivity index (χ4n) is 3.17. The molecule has 2 aromatic rings. The van der Waals surface area contributed by atoms with Crippen LogP contribution in [0.3, 0.4) is 0 Å². The lowest BCUT2D eigenvalue weighted by atomic mass is 10.0. The summed E-state index contributed by atoms with van der Waals surface area (Å²) in [5, 5.41) is 4.26. The molecule has 3 rings (SSSR count). The molecule has 1 aliphatic rings. The fraction of sp³-hybridized carbons (Fsp3) is 0.364. The average molecular weight is 381 g/mol. The Bertz CT molecular complexity index is 804. The van der Waals surface area contributed by atoms with Crippen LogP contribution in [0.4, 0.5) is 5.69 Å². The highest BCUT2D eigenvalue weighted by Crippen LogP contribution is 2.21. The van der Waals surface area contributed by atoms with E-state index in [-0.39, 0.29) is 18.6 Å². The standard InChI is InChI=1S/C22H27N3O3/c1-24(2)19-11-9-18(10-12-19)21-13-20(28-23-21)15-25(22(26)16-27-3)14-17-7-5-4-6-8-17/h4-12,20H,13-16H2,1-3H3. The summed E-state index contributed by atoms with van der Waals surface area (Å²) in [6.07, 6.45) is 0.514. The topological polar surface area (TPSA) is 54.4 Å². The number of carbonyl (C=O) groups is 1. The summed E-state index contributed by atoms with van der Waals surface area (Å²) in [4.78, 5) is 22.0. The molecule has 28 heavy (non-hydrogen) atoms. The van der Waals surface area contributed by atoms with E-state index in [1.165, 1.54) is 7.11 Å². The van der Waals surface area contributed by atoms with E-state index in [2.05, 4.69) is 34.3 Å². The number of hydrogen-bond donors (Lipinski definition) is 0. The number of amides is 1. The molecule has 0 aliphatic carbocycles. The van der Waals surface area contributed by atoms with Crippen molar-refractivity contribution in [2.45, 2.75) is 19.1 Å². The molecule has 0 fully saturated rings. The highest BCUT2D eigenvalue weighted by atomic mass is 16.6. The fourth-order valence-corrected chi connectivity index (χ4v) is 3.17. The Morgan fingerprint density at radius 3 is 2.50 bits per heavy atom. The zero-order valence-electron chi connectivity index (χ0n) is 16.7. The van der Waals surface area contributed by atoms with E-state index < -0.39 is 0 Å². The number of anilines is 1. The summed E-state index contributed by atoms with van der Waals surface area (Å²) in [5.74, 6) is -0.0567. The largest absolute Gasteiger partial charge is 0.390 e. The molecular formula is C22H27N3O3. The quantitative estimate of drug-likeness (QED) is 0.706. The maximum absolute atomic E-state index is 12.5. The van der Waals surface area contributed by atoms with Crippen molar-refractivity contribution in [3.63, 3.8) is 0 Å². The molecule has 1 atom stereocenters. The second-order valence-electron chi connectivity index (χ2n) is 7.10. The van der Waals surface area contributed by atoms with Crippen LogP contribution in [0.5, 0.6) is 0 Å². The first kappa shape index (κ1) is 19.9. The van der Waals surface area contributed by atoms with Crippen molar-refractivity contribution in [2.75, 3.05) is 39.3 Å². The molecule has 1 aliphatic heterocycles. The number of benzene rings is 2. The van der Waals surface area contributed by atoms with Gasteiger partial charge in [0.1, 0.15) is 6.61 Å². The molecule has 0 aromatic heterocycles. The number of rotatable bonds is 8. The number of hydrogen-bond acceptors (Lipinski definition) is 5. The molecule has 1 unspecified atom stereocenters. The van der Waals surface area contributed by atoms with E-state index in [9.17, 15) is 4.79 Å². The summed E-state index contributed by atoms with van der Waals surface area (Å²) >= 11 is 0. The van der Waals surface area contributed by atoms with Gasteiger partial charge in [-0.3, -0.25) is 4.79 Å². The lowest BCUT2D eigenvalue weighted by Crippen LogP contribution is -2.39. The van der Waals surface area contributed by atoms with Crippen LogP contribution in [0, 0.1) is 0 Å². The van der Waals surface area contributed by atoms with Gasteiger partial charge in [-0.05, 0) is 23.3 Å². The zero-order chi connectivity index (χ0) is 19.9. The molecule has 0 saturated carbocycles. The average Bonchev–Trinajstić information content (AvgIpc) is 3.17. The molecule has 0 saturated heterocycles. The van der Waals surface area contributed by atoms with Crippen molar-refractivity contribution in [3.05, 3.63) is 65.7 Å². The molecule has 148 valence electrons. The molecule has 2 aromatic carbocycles. The second kappa shape index (κ2) is 9.37. The van der Waals surface area contributed by atoms with Gasteiger partial charge in [0, 0.05) is 39.9 Å². The third-order valence-electron chi connectivity index (χ3n) is 4.71. The van der Waals surface area contributed by atoms with Gasteiger partial charge in [-0.15, -0.1) is 0 Å². The molecule has 1 amide bonds. The van der Waals surface area contributed by atoms with Crippen LogP contribution >= 0.6 is 0 Å². The highest BCUT2D eigenvalue weighted by Gasteiger charge is 2.26. The summed E-state index contributed by atoms with van der Waals surface area (Å²) < 4.78 is 5.04. The van der Waals surface area contributed by atoms with Crippen LogP contribution in [0.15, 0.2) is 59.8 Å². The number of ether oxygens (including phenoxy) is 1. The number of oxime groups is 1. The lowest BCUT2D eigenvalue weighted by molar-refractivity contribution is -0.137. The highest BCUT2D eigenvalue weighted by molar-refractivity contribution is 6.01. The first-order chi connectivity index (χ1) is 13.6. The van der Waals surface area contributed by atoms with Gasteiger partial charge in [-0.25, -0.2) is 0 Å². The first-order valence-corrected chi connectivity index (χ1v) is 9.38. The minimum absolute atomic E-state index is 0.0548. The van der Waals surface area contributed by atoms with Crippen molar-refractivity contribution in [3.8, 4) is 0 Å². The third-order valence-corrected chi connectivity index (χ3v) is 4.71. The van der Waals surface area contributed by atoms with Crippen molar-refractivity contribution in [1.29, 1.82) is 0 Å². The van der Waals surface area contributed by atoms with Gasteiger partial charge in [0.2, 0.25) is 5.91 Å². The Morgan fingerprint density at radius 2 is 1.86 bits per heavy atom. The van der Waals surface area contributed by atoms with E-state index >= 15 is 0 Å². The Hall–Kier alpha value is -2.86. The van der Waals surface area contributed by atoms with Crippen LogP contribution in [-0.2, 0) is 20.9 Å². The molecule has 1 heterocycles. The lowest BCUT2D eigenvalue weighted by Gasteiger charge is -2.24. The van der Waals surface area contributed by atoms with Gasteiger partial charge in [-0.1, -0.05) is 47.6 Å². The summed E-state index contributed by atoms with van der Waals surface area (Å²) in [6, 6.07) is 18.2.